The van der Waals surface area contributed by atoms with Crippen molar-refractivity contribution in [2.45, 2.75) is 19.3 Å². The fourth-order valence-electron chi connectivity index (χ4n) is 4.04. The molecular weight excluding hydrogens is 432 g/mol. The number of hydrogen-bond donors (Lipinski definition) is 1. The first kappa shape index (κ1) is 21.0. The van der Waals surface area contributed by atoms with Crippen LogP contribution in [0.1, 0.15) is 33.3 Å². The number of aromatic nitrogens is 2. The van der Waals surface area contributed by atoms with Crippen molar-refractivity contribution in [1.29, 1.82) is 0 Å². The first-order chi connectivity index (χ1) is 16.1. The van der Waals surface area contributed by atoms with Crippen LogP contribution in [0.4, 0.5) is 10.8 Å². The standard InChI is InChI=1S/C26H22N4O2S/c1-17-7-5-6-10-22(17)30-16-21(15-23(30)31)25-28-29-26(33-25)27-24(32)20-13-11-19(12-14-20)18-8-3-2-4-9-18/h2-14,21H,15-16H2,1H3,(H,27,29,32). The summed E-state index contributed by atoms with van der Waals surface area (Å²) in [6.45, 7) is 2.56. The van der Waals surface area contributed by atoms with Gasteiger partial charge in [0.2, 0.25) is 11.0 Å². The molecule has 7 heteroatoms. The number of aryl methyl sites for hydroxylation is 1. The van der Waals surface area contributed by atoms with Gasteiger partial charge in [-0.3, -0.25) is 14.9 Å². The quantitative estimate of drug-likeness (QED) is 0.445. The largest absolute Gasteiger partial charge is 0.311 e. The minimum absolute atomic E-state index is 0.0367. The van der Waals surface area contributed by atoms with E-state index in [2.05, 4.69) is 15.5 Å². The Morgan fingerprint density at radius 2 is 1.64 bits per heavy atom. The number of benzene rings is 3. The Kier molecular flexibility index (Phi) is 5.71. The highest BCUT2D eigenvalue weighted by molar-refractivity contribution is 7.15. The van der Waals surface area contributed by atoms with Gasteiger partial charge in [-0.25, -0.2) is 0 Å². The number of amides is 2. The third-order valence-electron chi connectivity index (χ3n) is 5.80. The second-order valence-electron chi connectivity index (χ2n) is 8.03. The van der Waals surface area contributed by atoms with E-state index in [9.17, 15) is 9.59 Å². The fourth-order valence-corrected chi connectivity index (χ4v) is 4.87. The van der Waals surface area contributed by atoms with Crippen LogP contribution in [0.5, 0.6) is 0 Å². The smallest absolute Gasteiger partial charge is 0.257 e. The first-order valence-corrected chi connectivity index (χ1v) is 11.6. The van der Waals surface area contributed by atoms with E-state index >= 15 is 0 Å². The van der Waals surface area contributed by atoms with Crippen molar-refractivity contribution in [1.82, 2.24) is 10.2 Å². The molecule has 0 saturated carbocycles. The first-order valence-electron chi connectivity index (χ1n) is 10.7. The second-order valence-corrected chi connectivity index (χ2v) is 9.04. The van der Waals surface area contributed by atoms with Crippen molar-refractivity contribution in [2.75, 3.05) is 16.8 Å². The van der Waals surface area contributed by atoms with E-state index in [1.165, 1.54) is 11.3 Å². The predicted molar refractivity (Wildman–Crippen MR) is 131 cm³/mol. The molecule has 1 aliphatic heterocycles. The topological polar surface area (TPSA) is 75.2 Å². The van der Waals surface area contributed by atoms with Gasteiger partial charge in [0, 0.05) is 30.1 Å². The number of rotatable bonds is 5. The van der Waals surface area contributed by atoms with E-state index in [4.69, 9.17) is 0 Å². The summed E-state index contributed by atoms with van der Waals surface area (Å²) >= 11 is 1.32. The lowest BCUT2D eigenvalue weighted by Crippen LogP contribution is -2.25. The molecule has 0 bridgehead atoms. The molecular formula is C26H22N4O2S. The van der Waals surface area contributed by atoms with E-state index in [0.717, 1.165) is 27.4 Å². The molecule has 4 aromatic rings. The van der Waals surface area contributed by atoms with E-state index in [-0.39, 0.29) is 17.7 Å². The van der Waals surface area contributed by atoms with Gasteiger partial charge < -0.3 is 4.90 Å². The highest BCUT2D eigenvalue weighted by atomic mass is 32.1. The fraction of sp³-hybridized carbons (Fsp3) is 0.154. The highest BCUT2D eigenvalue weighted by Gasteiger charge is 2.34. The molecule has 3 aromatic carbocycles. The maximum Gasteiger partial charge on any atom is 0.257 e. The van der Waals surface area contributed by atoms with Gasteiger partial charge in [-0.1, -0.05) is 72.0 Å². The summed E-state index contributed by atoms with van der Waals surface area (Å²) in [5.41, 5.74) is 4.70. The van der Waals surface area contributed by atoms with Crippen molar-refractivity contribution >= 4 is 34.0 Å². The Morgan fingerprint density at radius 1 is 0.939 bits per heavy atom. The van der Waals surface area contributed by atoms with Crippen molar-refractivity contribution in [3.8, 4) is 11.1 Å². The van der Waals surface area contributed by atoms with Crippen molar-refractivity contribution in [3.63, 3.8) is 0 Å². The maximum atomic E-state index is 12.7. The van der Waals surface area contributed by atoms with Crippen LogP contribution < -0.4 is 10.2 Å². The molecule has 0 spiro atoms. The normalized spacial score (nSPS) is 15.6. The van der Waals surface area contributed by atoms with E-state index in [1.54, 1.807) is 12.1 Å². The van der Waals surface area contributed by atoms with Crippen LogP contribution in [-0.4, -0.2) is 28.6 Å². The molecule has 5 rings (SSSR count). The number of carbonyl (C=O) groups is 2. The molecule has 1 aromatic heterocycles. The second kappa shape index (κ2) is 8.96. The molecule has 1 aliphatic rings. The molecule has 1 N–H and O–H groups in total. The zero-order valence-corrected chi connectivity index (χ0v) is 18.9. The van der Waals surface area contributed by atoms with Crippen LogP contribution in [0, 0.1) is 6.92 Å². The minimum atomic E-state index is -0.235. The number of nitrogens with one attached hydrogen (secondary N) is 1. The Bertz CT molecular complexity index is 1300. The summed E-state index contributed by atoms with van der Waals surface area (Å²) in [6.07, 6.45) is 0.387. The van der Waals surface area contributed by atoms with E-state index in [1.807, 2.05) is 78.6 Å². The SMILES string of the molecule is Cc1ccccc1N1CC(c2nnc(NC(=O)c3ccc(-c4ccccc4)cc3)s2)CC1=O. The van der Waals surface area contributed by atoms with Crippen LogP contribution >= 0.6 is 11.3 Å². The van der Waals surface area contributed by atoms with Gasteiger partial charge in [-0.05, 0) is 41.8 Å². The molecule has 164 valence electrons. The van der Waals surface area contributed by atoms with Crippen LogP contribution in [-0.2, 0) is 4.79 Å². The molecule has 6 nitrogen and oxygen atoms in total. The summed E-state index contributed by atoms with van der Waals surface area (Å²) in [6, 6.07) is 25.3. The summed E-state index contributed by atoms with van der Waals surface area (Å²) in [5.74, 6) is -0.194. The van der Waals surface area contributed by atoms with Gasteiger partial charge in [0.05, 0.1) is 0 Å². The number of hydrogen-bond acceptors (Lipinski definition) is 5. The van der Waals surface area contributed by atoms with Gasteiger partial charge in [0.1, 0.15) is 5.01 Å². The summed E-state index contributed by atoms with van der Waals surface area (Å²) in [5, 5.41) is 12.4. The van der Waals surface area contributed by atoms with Gasteiger partial charge in [0.25, 0.3) is 5.91 Å². The molecule has 0 radical (unpaired) electrons. The van der Waals surface area contributed by atoms with Gasteiger partial charge in [0.15, 0.2) is 0 Å². The molecule has 2 heterocycles. The third kappa shape index (κ3) is 4.40. The van der Waals surface area contributed by atoms with Crippen molar-refractivity contribution in [3.05, 3.63) is 95.0 Å². The Balaban J connectivity index is 1.25. The zero-order valence-electron chi connectivity index (χ0n) is 18.1. The highest BCUT2D eigenvalue weighted by Crippen LogP contribution is 2.35. The van der Waals surface area contributed by atoms with Gasteiger partial charge in [-0.15, -0.1) is 10.2 Å². The zero-order chi connectivity index (χ0) is 22.8. The van der Waals surface area contributed by atoms with Gasteiger partial charge >= 0.3 is 0 Å². The predicted octanol–water partition coefficient (Wildman–Crippen LogP) is 5.29. The molecule has 1 unspecified atom stereocenters. The average Bonchev–Trinajstić information content (AvgIpc) is 3.46. The Hall–Kier alpha value is -3.84. The molecule has 1 saturated heterocycles. The third-order valence-corrected chi connectivity index (χ3v) is 6.80. The van der Waals surface area contributed by atoms with E-state index < -0.39 is 0 Å². The summed E-state index contributed by atoms with van der Waals surface area (Å²) in [4.78, 5) is 27.1. The maximum absolute atomic E-state index is 12.7. The van der Waals surface area contributed by atoms with E-state index in [0.29, 0.717) is 23.7 Å². The summed E-state index contributed by atoms with van der Waals surface area (Å²) in [7, 11) is 0. The Morgan fingerprint density at radius 3 is 2.39 bits per heavy atom. The summed E-state index contributed by atoms with van der Waals surface area (Å²) < 4.78 is 0. The lowest BCUT2D eigenvalue weighted by atomic mass is 10.0. The molecule has 2 amide bonds. The van der Waals surface area contributed by atoms with Crippen LogP contribution in [0.25, 0.3) is 11.1 Å². The Labute approximate surface area is 195 Å². The van der Waals surface area contributed by atoms with Crippen molar-refractivity contribution in [2.24, 2.45) is 0 Å². The lowest BCUT2D eigenvalue weighted by molar-refractivity contribution is -0.117. The number of para-hydroxylation sites is 1. The minimum Gasteiger partial charge on any atom is -0.311 e. The monoisotopic (exact) mass is 454 g/mol. The molecule has 1 atom stereocenters. The molecule has 0 aliphatic carbocycles. The average molecular weight is 455 g/mol. The van der Waals surface area contributed by atoms with Crippen LogP contribution in [0.2, 0.25) is 0 Å². The number of nitrogens with zero attached hydrogens (tertiary/aromatic N) is 3. The molecule has 1 fully saturated rings. The van der Waals surface area contributed by atoms with Crippen LogP contribution in [0.3, 0.4) is 0 Å². The van der Waals surface area contributed by atoms with Gasteiger partial charge in [-0.2, -0.15) is 0 Å². The molecule has 33 heavy (non-hydrogen) atoms. The van der Waals surface area contributed by atoms with Crippen LogP contribution in [0.15, 0.2) is 78.9 Å². The van der Waals surface area contributed by atoms with Crippen molar-refractivity contribution < 1.29 is 9.59 Å². The number of anilines is 2. The number of carbonyl (C=O) groups excluding carboxylic acids is 2. The lowest BCUT2D eigenvalue weighted by Gasteiger charge is -2.18.